The Morgan fingerprint density at radius 1 is 1.10 bits per heavy atom. The summed E-state index contributed by atoms with van der Waals surface area (Å²) in [6.45, 7) is 0. The van der Waals surface area contributed by atoms with Crippen LogP contribution in [-0.4, -0.2) is 28.6 Å². The Hall–Kier alpha value is -2.50. The van der Waals surface area contributed by atoms with Crippen LogP contribution in [0.3, 0.4) is 0 Å². The number of benzene rings is 1. The number of nitrogens with one attached hydrogen (secondary N) is 1. The minimum absolute atomic E-state index is 0.0508. The molecule has 0 aliphatic carbocycles. The maximum atomic E-state index is 11.6. The number of rotatable bonds is 5. The van der Waals surface area contributed by atoms with Crippen molar-refractivity contribution in [2.24, 2.45) is 0 Å². The number of hydroxylamine groups is 2. The first-order chi connectivity index (χ1) is 9.58. The normalized spacial score (nSPS) is 14.5. The molecule has 0 spiro atoms. The molecule has 1 heterocycles. The van der Waals surface area contributed by atoms with E-state index in [-0.39, 0.29) is 25.7 Å². The molecule has 0 unspecified atom stereocenters. The van der Waals surface area contributed by atoms with Crippen LogP contribution >= 0.6 is 0 Å². The van der Waals surface area contributed by atoms with Crippen LogP contribution in [0, 0.1) is 5.41 Å². The van der Waals surface area contributed by atoms with E-state index in [0.717, 1.165) is 5.56 Å². The molecule has 2 amide bonds. The summed E-state index contributed by atoms with van der Waals surface area (Å²) in [5.41, 5.74) is 1.04. The van der Waals surface area contributed by atoms with E-state index in [1.807, 2.05) is 18.2 Å². The molecule has 1 aromatic carbocycles. The van der Waals surface area contributed by atoms with E-state index >= 15 is 0 Å². The zero-order valence-corrected chi connectivity index (χ0v) is 10.8. The lowest BCUT2D eigenvalue weighted by molar-refractivity contribution is -0.197. The lowest BCUT2D eigenvalue weighted by Crippen LogP contribution is -2.32. The Kier molecular flexibility index (Phi) is 4.24. The van der Waals surface area contributed by atoms with Crippen molar-refractivity contribution in [1.29, 1.82) is 5.41 Å². The maximum absolute atomic E-state index is 11.6. The minimum Gasteiger partial charge on any atom is -0.330 e. The van der Waals surface area contributed by atoms with Crippen molar-refractivity contribution in [2.45, 2.75) is 25.7 Å². The van der Waals surface area contributed by atoms with Crippen LogP contribution in [0.25, 0.3) is 0 Å². The lowest BCUT2D eigenvalue weighted by atomic mass is 10.1. The van der Waals surface area contributed by atoms with E-state index in [9.17, 15) is 14.4 Å². The van der Waals surface area contributed by atoms with Gasteiger partial charge in [0.1, 0.15) is 0 Å². The fourth-order valence-corrected chi connectivity index (χ4v) is 1.82. The number of nitrogens with zero attached hydrogens (tertiary/aromatic N) is 1. The third-order valence-corrected chi connectivity index (χ3v) is 2.90. The molecule has 0 radical (unpaired) electrons. The molecule has 1 fully saturated rings. The second-order valence-electron chi connectivity index (χ2n) is 4.39. The van der Waals surface area contributed by atoms with Crippen LogP contribution in [0.4, 0.5) is 0 Å². The Morgan fingerprint density at radius 2 is 1.70 bits per heavy atom. The van der Waals surface area contributed by atoms with Crippen molar-refractivity contribution in [3.05, 3.63) is 35.9 Å². The van der Waals surface area contributed by atoms with Crippen molar-refractivity contribution >= 4 is 23.5 Å². The fraction of sp³-hybridized carbons (Fsp3) is 0.286. The van der Waals surface area contributed by atoms with Crippen LogP contribution in [0.2, 0.25) is 0 Å². The van der Waals surface area contributed by atoms with Crippen molar-refractivity contribution in [1.82, 2.24) is 5.06 Å². The third kappa shape index (κ3) is 3.28. The fourth-order valence-electron chi connectivity index (χ4n) is 1.82. The maximum Gasteiger partial charge on any atom is 0.333 e. The van der Waals surface area contributed by atoms with Gasteiger partial charge in [0.05, 0.1) is 6.42 Å². The molecule has 1 aliphatic rings. The monoisotopic (exact) mass is 274 g/mol. The predicted molar refractivity (Wildman–Crippen MR) is 69.7 cm³/mol. The Morgan fingerprint density at radius 3 is 2.30 bits per heavy atom. The topological polar surface area (TPSA) is 87.5 Å². The van der Waals surface area contributed by atoms with Gasteiger partial charge in [0.15, 0.2) is 0 Å². The number of amides is 2. The molecule has 1 aliphatic heterocycles. The van der Waals surface area contributed by atoms with Gasteiger partial charge in [-0.15, -0.1) is 5.06 Å². The second-order valence-corrected chi connectivity index (χ2v) is 4.39. The SMILES string of the molecule is N=C(CCC(=O)ON1C(=O)CCC1=O)c1ccccc1. The molecule has 20 heavy (non-hydrogen) atoms. The summed E-state index contributed by atoms with van der Waals surface area (Å²) in [5.74, 6) is -1.68. The predicted octanol–water partition coefficient (Wildman–Crippen LogP) is 1.44. The van der Waals surface area contributed by atoms with E-state index in [1.54, 1.807) is 12.1 Å². The molecule has 0 atom stereocenters. The van der Waals surface area contributed by atoms with E-state index < -0.39 is 17.8 Å². The highest BCUT2D eigenvalue weighted by Crippen LogP contribution is 2.13. The number of carbonyl (C=O) groups excluding carboxylic acids is 3. The van der Waals surface area contributed by atoms with Gasteiger partial charge in [0.25, 0.3) is 11.8 Å². The van der Waals surface area contributed by atoms with Gasteiger partial charge < -0.3 is 10.2 Å². The summed E-state index contributed by atoms with van der Waals surface area (Å²) in [5, 5.41) is 8.35. The average Bonchev–Trinajstić information content (AvgIpc) is 2.77. The van der Waals surface area contributed by atoms with Gasteiger partial charge in [-0.05, 0) is 5.56 Å². The van der Waals surface area contributed by atoms with Gasteiger partial charge >= 0.3 is 5.97 Å². The molecule has 0 aromatic heterocycles. The smallest absolute Gasteiger partial charge is 0.330 e. The van der Waals surface area contributed by atoms with Gasteiger partial charge in [-0.25, -0.2) is 4.79 Å². The molecule has 104 valence electrons. The molecule has 6 heteroatoms. The van der Waals surface area contributed by atoms with E-state index in [2.05, 4.69) is 0 Å². The molecule has 1 aromatic rings. The van der Waals surface area contributed by atoms with Gasteiger partial charge in [0, 0.05) is 25.0 Å². The lowest BCUT2D eigenvalue weighted by Gasteiger charge is -2.12. The van der Waals surface area contributed by atoms with Crippen LogP contribution in [-0.2, 0) is 19.2 Å². The first kappa shape index (κ1) is 13.9. The van der Waals surface area contributed by atoms with Gasteiger partial charge in [0.2, 0.25) is 0 Å². The molecule has 2 rings (SSSR count). The molecule has 6 nitrogen and oxygen atoms in total. The third-order valence-electron chi connectivity index (χ3n) is 2.90. The number of imide groups is 1. The van der Waals surface area contributed by atoms with Crippen molar-refractivity contribution in [3.8, 4) is 0 Å². The standard InChI is InChI=1S/C14H14N2O4/c15-11(10-4-2-1-3-5-10)6-9-14(19)20-16-12(17)7-8-13(16)18/h1-5,15H,6-9H2. The number of hydrogen-bond acceptors (Lipinski definition) is 5. The van der Waals surface area contributed by atoms with Gasteiger partial charge in [-0.2, -0.15) is 0 Å². The molecular formula is C14H14N2O4. The van der Waals surface area contributed by atoms with Crippen molar-refractivity contribution < 1.29 is 19.2 Å². The Bertz CT molecular complexity index is 538. The number of carbonyl (C=O) groups is 3. The first-order valence-electron chi connectivity index (χ1n) is 6.27. The molecule has 1 saturated heterocycles. The largest absolute Gasteiger partial charge is 0.333 e. The highest BCUT2D eigenvalue weighted by atomic mass is 16.7. The zero-order chi connectivity index (χ0) is 14.5. The number of hydrogen-bond donors (Lipinski definition) is 1. The van der Waals surface area contributed by atoms with E-state index in [1.165, 1.54) is 0 Å². The van der Waals surface area contributed by atoms with Gasteiger partial charge in [-0.1, -0.05) is 30.3 Å². The van der Waals surface area contributed by atoms with Crippen LogP contribution < -0.4 is 0 Å². The second kappa shape index (κ2) is 6.10. The first-order valence-corrected chi connectivity index (χ1v) is 6.27. The molecule has 0 bridgehead atoms. The summed E-state index contributed by atoms with van der Waals surface area (Å²) < 4.78 is 0. The summed E-state index contributed by atoms with van der Waals surface area (Å²) in [4.78, 5) is 38.8. The average molecular weight is 274 g/mol. The zero-order valence-electron chi connectivity index (χ0n) is 10.8. The summed E-state index contributed by atoms with van der Waals surface area (Å²) in [6.07, 6.45) is 0.293. The molecular weight excluding hydrogens is 260 g/mol. The minimum atomic E-state index is -0.686. The summed E-state index contributed by atoms with van der Waals surface area (Å²) in [7, 11) is 0. The van der Waals surface area contributed by atoms with Gasteiger partial charge in [-0.3, -0.25) is 9.59 Å². The summed E-state index contributed by atoms with van der Waals surface area (Å²) in [6, 6.07) is 9.02. The highest BCUT2D eigenvalue weighted by molar-refractivity contribution is 6.02. The Labute approximate surface area is 115 Å². The van der Waals surface area contributed by atoms with Crippen molar-refractivity contribution in [2.75, 3.05) is 0 Å². The highest BCUT2D eigenvalue weighted by Gasteiger charge is 2.32. The van der Waals surface area contributed by atoms with Crippen LogP contribution in [0.5, 0.6) is 0 Å². The summed E-state index contributed by atoms with van der Waals surface area (Å²) >= 11 is 0. The Balaban J connectivity index is 1.82. The van der Waals surface area contributed by atoms with E-state index in [4.69, 9.17) is 10.2 Å². The molecule has 1 N–H and O–H groups in total. The quantitative estimate of drug-likeness (QED) is 0.650. The van der Waals surface area contributed by atoms with E-state index in [0.29, 0.717) is 10.8 Å². The van der Waals surface area contributed by atoms with Crippen LogP contribution in [0.15, 0.2) is 30.3 Å². The molecule has 0 saturated carbocycles. The van der Waals surface area contributed by atoms with Crippen molar-refractivity contribution in [3.63, 3.8) is 0 Å². The van der Waals surface area contributed by atoms with Crippen LogP contribution in [0.1, 0.15) is 31.2 Å².